The van der Waals surface area contributed by atoms with Crippen LogP contribution >= 0.6 is 0 Å². The largest absolute Gasteiger partial charge is 0.464 e. The molecule has 3 heteroatoms. The Labute approximate surface area is 171 Å². The van der Waals surface area contributed by atoms with Crippen molar-refractivity contribution in [3.8, 4) is 22.3 Å². The van der Waals surface area contributed by atoms with Crippen molar-refractivity contribution in [2.75, 3.05) is 0 Å². The molecule has 6 rings (SSSR count). The van der Waals surface area contributed by atoms with E-state index in [1.54, 1.807) is 18.4 Å². The van der Waals surface area contributed by atoms with Crippen LogP contribution in [-0.2, 0) is 0 Å². The molecule has 2 heterocycles. The van der Waals surface area contributed by atoms with Gasteiger partial charge in [0.1, 0.15) is 11.2 Å². The highest BCUT2D eigenvalue weighted by molar-refractivity contribution is 6.10. The van der Waals surface area contributed by atoms with Crippen LogP contribution in [0.5, 0.6) is 0 Å². The molecule has 30 heavy (non-hydrogen) atoms. The predicted octanol–water partition coefficient (Wildman–Crippen LogP) is 7.03. The van der Waals surface area contributed by atoms with E-state index in [2.05, 4.69) is 42.5 Å². The van der Waals surface area contributed by atoms with Crippen LogP contribution in [0.1, 0.15) is 0 Å². The lowest BCUT2D eigenvalue weighted by molar-refractivity contribution is 0.567. The fraction of sp³-hybridized carbons (Fsp3) is 0. The van der Waals surface area contributed by atoms with Crippen molar-refractivity contribution in [2.24, 2.45) is 0 Å². The minimum absolute atomic E-state index is 0.333. The van der Waals surface area contributed by atoms with Crippen LogP contribution in [0.4, 0.5) is 0 Å². The summed E-state index contributed by atoms with van der Waals surface area (Å²) in [6.45, 7) is 0. The molecule has 0 fully saturated rings. The molecule has 0 aliphatic heterocycles. The molecule has 0 radical (unpaired) electrons. The van der Waals surface area contributed by atoms with E-state index in [1.807, 2.05) is 36.4 Å². The molecule has 0 aliphatic rings. The average molecular weight is 388 g/mol. The van der Waals surface area contributed by atoms with Gasteiger partial charge in [0, 0.05) is 22.4 Å². The van der Waals surface area contributed by atoms with E-state index in [1.165, 1.54) is 11.1 Å². The van der Waals surface area contributed by atoms with Crippen molar-refractivity contribution in [1.29, 1.82) is 0 Å². The minimum atomic E-state index is -0.333. The molecule has 2 aromatic heterocycles. The molecule has 142 valence electrons. The normalized spacial score (nSPS) is 11.5. The van der Waals surface area contributed by atoms with Gasteiger partial charge >= 0.3 is 5.63 Å². The maximum absolute atomic E-state index is 12.3. The van der Waals surface area contributed by atoms with Gasteiger partial charge in [-0.05, 0) is 34.2 Å². The molecular weight excluding hydrogens is 372 g/mol. The van der Waals surface area contributed by atoms with Gasteiger partial charge in [0.05, 0.1) is 11.6 Å². The Hall–Kier alpha value is -4.11. The number of furan rings is 1. The number of hydrogen-bond acceptors (Lipinski definition) is 3. The number of fused-ring (bicyclic) bond motifs is 4. The fourth-order valence-corrected chi connectivity index (χ4v) is 4.10. The molecule has 0 amide bonds. The second kappa shape index (κ2) is 6.46. The van der Waals surface area contributed by atoms with Gasteiger partial charge in [-0.2, -0.15) is 0 Å². The van der Waals surface area contributed by atoms with Gasteiger partial charge in [-0.25, -0.2) is 4.79 Å². The molecule has 0 saturated carbocycles. The van der Waals surface area contributed by atoms with Gasteiger partial charge in [0.2, 0.25) is 0 Å². The van der Waals surface area contributed by atoms with Gasteiger partial charge < -0.3 is 8.83 Å². The third-order valence-corrected chi connectivity index (χ3v) is 5.62. The molecular formula is C27H16O3. The number of benzene rings is 4. The zero-order valence-electron chi connectivity index (χ0n) is 16.0. The molecule has 0 saturated heterocycles. The highest BCUT2D eigenvalue weighted by atomic mass is 16.4. The summed E-state index contributed by atoms with van der Waals surface area (Å²) in [5.41, 5.74) is 5.35. The van der Waals surface area contributed by atoms with Crippen molar-refractivity contribution in [3.63, 3.8) is 0 Å². The molecule has 0 N–H and O–H groups in total. The monoisotopic (exact) mass is 388 g/mol. The van der Waals surface area contributed by atoms with Gasteiger partial charge in [-0.15, -0.1) is 0 Å². The lowest BCUT2D eigenvalue weighted by Crippen LogP contribution is -1.99. The molecule has 3 nitrogen and oxygen atoms in total. The van der Waals surface area contributed by atoms with Crippen LogP contribution in [-0.4, -0.2) is 0 Å². The zero-order chi connectivity index (χ0) is 20.1. The summed E-state index contributed by atoms with van der Waals surface area (Å²) in [7, 11) is 0. The van der Waals surface area contributed by atoms with Crippen LogP contribution in [0.15, 0.2) is 111 Å². The third-order valence-electron chi connectivity index (χ3n) is 5.62. The Kier molecular flexibility index (Phi) is 3.62. The summed E-state index contributed by atoms with van der Waals surface area (Å²) in [6.07, 6.45) is 1.77. The van der Waals surface area contributed by atoms with Crippen LogP contribution in [0.25, 0.3) is 55.0 Å². The van der Waals surface area contributed by atoms with Crippen molar-refractivity contribution in [2.45, 2.75) is 0 Å². The average Bonchev–Trinajstić information content (AvgIpc) is 3.22. The first kappa shape index (κ1) is 16.8. The van der Waals surface area contributed by atoms with E-state index >= 15 is 0 Å². The Balaban J connectivity index is 1.54. The van der Waals surface area contributed by atoms with E-state index < -0.39 is 0 Å². The lowest BCUT2D eigenvalue weighted by atomic mass is 9.99. The maximum atomic E-state index is 12.3. The maximum Gasteiger partial charge on any atom is 0.344 e. The van der Waals surface area contributed by atoms with Gasteiger partial charge in [-0.3, -0.25) is 0 Å². The Morgan fingerprint density at radius 1 is 0.533 bits per heavy atom. The number of rotatable bonds is 2. The minimum Gasteiger partial charge on any atom is -0.464 e. The highest BCUT2D eigenvalue weighted by Gasteiger charge is 2.14. The van der Waals surface area contributed by atoms with E-state index in [0.29, 0.717) is 16.6 Å². The summed E-state index contributed by atoms with van der Waals surface area (Å²) in [5, 5.41) is 3.37. The fourth-order valence-electron chi connectivity index (χ4n) is 4.10. The second-order valence-corrected chi connectivity index (χ2v) is 7.37. The van der Waals surface area contributed by atoms with Crippen molar-refractivity contribution < 1.29 is 8.83 Å². The lowest BCUT2D eigenvalue weighted by Gasteiger charge is -2.05. The predicted molar refractivity (Wildman–Crippen MR) is 121 cm³/mol. The second-order valence-electron chi connectivity index (χ2n) is 7.37. The van der Waals surface area contributed by atoms with Crippen LogP contribution in [0.2, 0.25) is 0 Å². The summed E-state index contributed by atoms with van der Waals surface area (Å²) in [6, 6.07) is 30.2. The van der Waals surface area contributed by atoms with Crippen LogP contribution < -0.4 is 5.63 Å². The Morgan fingerprint density at radius 3 is 2.00 bits per heavy atom. The van der Waals surface area contributed by atoms with Crippen molar-refractivity contribution >= 4 is 32.7 Å². The first-order valence-corrected chi connectivity index (χ1v) is 9.80. The van der Waals surface area contributed by atoms with Gasteiger partial charge in [0.15, 0.2) is 0 Å². The van der Waals surface area contributed by atoms with E-state index in [0.717, 1.165) is 27.3 Å². The topological polar surface area (TPSA) is 43.4 Å². The quantitative estimate of drug-likeness (QED) is 0.236. The number of hydrogen-bond donors (Lipinski definition) is 0. The molecule has 0 bridgehead atoms. The molecule has 0 spiro atoms. The third kappa shape index (κ3) is 2.56. The smallest absolute Gasteiger partial charge is 0.344 e. The molecule has 6 aromatic rings. The molecule has 0 aliphatic carbocycles. The van der Waals surface area contributed by atoms with E-state index in [9.17, 15) is 4.79 Å². The Morgan fingerprint density at radius 2 is 1.20 bits per heavy atom. The van der Waals surface area contributed by atoms with Gasteiger partial charge in [0.25, 0.3) is 0 Å². The van der Waals surface area contributed by atoms with Crippen molar-refractivity contribution in [3.05, 3.63) is 108 Å². The molecule has 0 unspecified atom stereocenters. The molecule has 4 aromatic carbocycles. The van der Waals surface area contributed by atoms with Crippen molar-refractivity contribution in [1.82, 2.24) is 0 Å². The Bertz CT molecular complexity index is 1590. The zero-order valence-corrected chi connectivity index (χ0v) is 16.0. The summed E-state index contributed by atoms with van der Waals surface area (Å²) < 4.78 is 11.4. The van der Waals surface area contributed by atoms with Gasteiger partial charge in [-0.1, -0.05) is 72.8 Å². The summed E-state index contributed by atoms with van der Waals surface area (Å²) in [5.74, 6) is 0. The SMILES string of the molecule is O=c1oc2cc3occ(-c4ccc(-c5ccccc5)cc4)c3cc2c2ccccc12. The first-order valence-electron chi connectivity index (χ1n) is 9.80. The van der Waals surface area contributed by atoms with E-state index in [-0.39, 0.29) is 5.63 Å². The van der Waals surface area contributed by atoms with Crippen LogP contribution in [0.3, 0.4) is 0 Å². The summed E-state index contributed by atoms with van der Waals surface area (Å²) in [4.78, 5) is 12.3. The van der Waals surface area contributed by atoms with Crippen LogP contribution in [0, 0.1) is 0 Å². The summed E-state index contributed by atoms with van der Waals surface area (Å²) >= 11 is 0. The molecule has 0 atom stereocenters. The first-order chi connectivity index (χ1) is 14.8. The standard InChI is InChI=1S/C27H16O3/c28-27-21-9-5-4-8-20(21)22-14-23-24(16-29-25(23)15-26(22)30-27)19-12-10-18(11-13-19)17-6-2-1-3-7-17/h1-16H. The highest BCUT2D eigenvalue weighted by Crippen LogP contribution is 2.36. The van der Waals surface area contributed by atoms with E-state index in [4.69, 9.17) is 8.83 Å².